The van der Waals surface area contributed by atoms with Crippen molar-refractivity contribution >= 4 is 16.7 Å². The zero-order valence-electron chi connectivity index (χ0n) is 14.6. The Balaban J connectivity index is 2.13. The molecule has 2 heterocycles. The summed E-state index contributed by atoms with van der Waals surface area (Å²) in [6.45, 7) is 9.20. The Labute approximate surface area is 141 Å². The first-order valence-electron chi connectivity index (χ1n) is 8.45. The molecule has 1 saturated heterocycles. The largest absolute Gasteiger partial charge is 0.334 e. The Kier molecular flexibility index (Phi) is 4.41. The van der Waals surface area contributed by atoms with E-state index in [1.165, 1.54) is 4.68 Å². The number of carbonyl (C=O) groups excluding carboxylic acids is 1. The lowest BCUT2D eigenvalue weighted by atomic mass is 10.1. The van der Waals surface area contributed by atoms with E-state index in [1.807, 2.05) is 30.9 Å². The van der Waals surface area contributed by atoms with Crippen LogP contribution in [0, 0.1) is 0 Å². The highest BCUT2D eigenvalue weighted by atomic mass is 16.2. The lowest BCUT2D eigenvalue weighted by Gasteiger charge is -2.36. The molecule has 1 amide bonds. The molecule has 128 valence electrons. The van der Waals surface area contributed by atoms with Crippen LogP contribution in [0.15, 0.2) is 29.1 Å². The van der Waals surface area contributed by atoms with Crippen LogP contribution in [-0.2, 0) is 0 Å². The van der Waals surface area contributed by atoms with Crippen molar-refractivity contribution in [2.45, 2.75) is 45.8 Å². The van der Waals surface area contributed by atoms with E-state index in [0.29, 0.717) is 29.6 Å². The molecule has 1 aromatic heterocycles. The van der Waals surface area contributed by atoms with Gasteiger partial charge < -0.3 is 10.2 Å². The zero-order chi connectivity index (χ0) is 17.4. The van der Waals surface area contributed by atoms with Gasteiger partial charge in [0.05, 0.1) is 11.4 Å². The minimum Gasteiger partial charge on any atom is -0.334 e. The standard InChI is InChI=1S/C18H24N4O2/c1-11(2)22-17(23)15-8-6-5-7-14(15)16(20-22)18(24)21-9-12(3)19-13(4)10-21/h5-8,11-13,19H,9-10H2,1-4H3/t12-,13-/m0/s1. The summed E-state index contributed by atoms with van der Waals surface area (Å²) in [7, 11) is 0. The van der Waals surface area contributed by atoms with Gasteiger partial charge >= 0.3 is 0 Å². The molecule has 0 unspecified atom stereocenters. The van der Waals surface area contributed by atoms with Gasteiger partial charge in [-0.05, 0) is 33.8 Å². The summed E-state index contributed by atoms with van der Waals surface area (Å²) < 4.78 is 1.41. The van der Waals surface area contributed by atoms with Crippen molar-refractivity contribution in [2.75, 3.05) is 13.1 Å². The Morgan fingerprint density at radius 3 is 2.33 bits per heavy atom. The quantitative estimate of drug-likeness (QED) is 0.913. The van der Waals surface area contributed by atoms with Crippen LogP contribution in [0.3, 0.4) is 0 Å². The second-order valence-electron chi connectivity index (χ2n) is 6.92. The van der Waals surface area contributed by atoms with Gasteiger partial charge in [-0.25, -0.2) is 4.68 Å². The van der Waals surface area contributed by atoms with Gasteiger partial charge in [0.1, 0.15) is 0 Å². The predicted octanol–water partition coefficient (Wildman–Crippen LogP) is 1.80. The molecule has 1 N–H and O–H groups in total. The monoisotopic (exact) mass is 328 g/mol. The molecular formula is C18H24N4O2. The van der Waals surface area contributed by atoms with Gasteiger partial charge in [0.25, 0.3) is 11.5 Å². The van der Waals surface area contributed by atoms with E-state index in [-0.39, 0.29) is 29.6 Å². The average Bonchev–Trinajstić information content (AvgIpc) is 2.53. The van der Waals surface area contributed by atoms with Crippen molar-refractivity contribution in [3.05, 3.63) is 40.3 Å². The van der Waals surface area contributed by atoms with Gasteiger partial charge in [0, 0.05) is 30.6 Å². The summed E-state index contributed by atoms with van der Waals surface area (Å²) in [5, 5.41) is 9.01. The summed E-state index contributed by atoms with van der Waals surface area (Å²) in [6.07, 6.45) is 0. The number of hydrogen-bond acceptors (Lipinski definition) is 4. The highest BCUT2D eigenvalue weighted by molar-refractivity contribution is 6.04. The topological polar surface area (TPSA) is 67.2 Å². The molecule has 2 atom stereocenters. The number of benzene rings is 1. The highest BCUT2D eigenvalue weighted by Gasteiger charge is 2.28. The Bertz CT molecular complexity index is 817. The molecule has 0 aliphatic carbocycles. The Morgan fingerprint density at radius 1 is 1.17 bits per heavy atom. The summed E-state index contributed by atoms with van der Waals surface area (Å²) >= 11 is 0. The molecular weight excluding hydrogens is 304 g/mol. The first-order chi connectivity index (χ1) is 11.4. The zero-order valence-corrected chi connectivity index (χ0v) is 14.6. The van der Waals surface area contributed by atoms with Crippen LogP contribution in [0.4, 0.5) is 0 Å². The molecule has 0 saturated carbocycles. The van der Waals surface area contributed by atoms with Gasteiger partial charge in [0.2, 0.25) is 0 Å². The van der Waals surface area contributed by atoms with E-state index in [1.54, 1.807) is 12.1 Å². The van der Waals surface area contributed by atoms with E-state index in [2.05, 4.69) is 24.3 Å². The molecule has 6 nitrogen and oxygen atoms in total. The van der Waals surface area contributed by atoms with Crippen LogP contribution in [0.2, 0.25) is 0 Å². The van der Waals surface area contributed by atoms with E-state index in [4.69, 9.17) is 0 Å². The number of hydrogen-bond donors (Lipinski definition) is 1. The van der Waals surface area contributed by atoms with E-state index in [0.717, 1.165) is 0 Å². The van der Waals surface area contributed by atoms with Crippen LogP contribution in [0.1, 0.15) is 44.2 Å². The predicted molar refractivity (Wildman–Crippen MR) is 94.4 cm³/mol. The molecule has 1 fully saturated rings. The van der Waals surface area contributed by atoms with Crippen molar-refractivity contribution < 1.29 is 4.79 Å². The highest BCUT2D eigenvalue weighted by Crippen LogP contribution is 2.18. The molecule has 1 aromatic carbocycles. The molecule has 0 radical (unpaired) electrons. The summed E-state index contributed by atoms with van der Waals surface area (Å²) in [4.78, 5) is 27.5. The van der Waals surface area contributed by atoms with Crippen LogP contribution >= 0.6 is 0 Å². The third kappa shape index (κ3) is 2.94. The summed E-state index contributed by atoms with van der Waals surface area (Å²) in [5.74, 6) is -0.110. The van der Waals surface area contributed by atoms with E-state index in [9.17, 15) is 9.59 Å². The summed E-state index contributed by atoms with van der Waals surface area (Å²) in [5.41, 5.74) is 0.208. The Morgan fingerprint density at radius 2 is 1.75 bits per heavy atom. The van der Waals surface area contributed by atoms with Crippen molar-refractivity contribution in [1.82, 2.24) is 20.0 Å². The Hall–Kier alpha value is -2.21. The van der Waals surface area contributed by atoms with Crippen molar-refractivity contribution in [3.63, 3.8) is 0 Å². The third-order valence-corrected chi connectivity index (χ3v) is 4.36. The number of aromatic nitrogens is 2. The fourth-order valence-corrected chi connectivity index (χ4v) is 3.36. The van der Waals surface area contributed by atoms with Crippen LogP contribution in [-0.4, -0.2) is 45.8 Å². The smallest absolute Gasteiger partial charge is 0.275 e. The van der Waals surface area contributed by atoms with E-state index >= 15 is 0 Å². The van der Waals surface area contributed by atoms with Crippen LogP contribution < -0.4 is 10.9 Å². The lowest BCUT2D eigenvalue weighted by molar-refractivity contribution is 0.0667. The number of piperazine rings is 1. The minimum atomic E-state index is -0.154. The SMILES string of the molecule is CC(C)n1nc(C(=O)N2C[C@H](C)N[C@@H](C)C2)c2ccccc2c1=O. The molecule has 0 bridgehead atoms. The van der Waals surface area contributed by atoms with Crippen molar-refractivity contribution in [3.8, 4) is 0 Å². The average molecular weight is 328 g/mol. The normalized spacial score (nSPS) is 21.5. The molecule has 0 spiro atoms. The fourth-order valence-electron chi connectivity index (χ4n) is 3.36. The molecule has 1 aliphatic heterocycles. The van der Waals surface area contributed by atoms with E-state index < -0.39 is 0 Å². The number of fused-ring (bicyclic) bond motifs is 1. The number of rotatable bonds is 2. The molecule has 3 rings (SSSR count). The number of carbonyl (C=O) groups is 1. The van der Waals surface area contributed by atoms with Crippen molar-refractivity contribution in [2.24, 2.45) is 0 Å². The van der Waals surface area contributed by atoms with Gasteiger partial charge in [-0.1, -0.05) is 18.2 Å². The van der Waals surface area contributed by atoms with Crippen molar-refractivity contribution in [1.29, 1.82) is 0 Å². The maximum absolute atomic E-state index is 13.1. The second kappa shape index (κ2) is 6.36. The first kappa shape index (κ1) is 16.6. The molecule has 24 heavy (non-hydrogen) atoms. The first-order valence-corrected chi connectivity index (χ1v) is 8.45. The second-order valence-corrected chi connectivity index (χ2v) is 6.92. The summed E-state index contributed by atoms with van der Waals surface area (Å²) in [6, 6.07) is 7.59. The molecule has 2 aromatic rings. The number of amides is 1. The third-order valence-electron chi connectivity index (χ3n) is 4.36. The molecule has 6 heteroatoms. The van der Waals surface area contributed by atoms with Gasteiger partial charge in [-0.15, -0.1) is 0 Å². The van der Waals surface area contributed by atoms with Gasteiger partial charge in [0.15, 0.2) is 5.69 Å². The maximum Gasteiger partial charge on any atom is 0.275 e. The fraction of sp³-hybridized carbons (Fsp3) is 0.500. The van der Waals surface area contributed by atoms with Crippen LogP contribution in [0.5, 0.6) is 0 Å². The maximum atomic E-state index is 13.1. The minimum absolute atomic E-state index is 0.102. The lowest BCUT2D eigenvalue weighted by Crippen LogP contribution is -2.56. The van der Waals surface area contributed by atoms with Gasteiger partial charge in [-0.3, -0.25) is 9.59 Å². The number of nitrogens with zero attached hydrogens (tertiary/aromatic N) is 3. The van der Waals surface area contributed by atoms with Gasteiger partial charge in [-0.2, -0.15) is 5.10 Å². The molecule has 1 aliphatic rings. The van der Waals surface area contributed by atoms with Crippen LogP contribution in [0.25, 0.3) is 10.8 Å². The number of nitrogens with one attached hydrogen (secondary N) is 1.